The summed E-state index contributed by atoms with van der Waals surface area (Å²) < 4.78 is 25.7. The second kappa shape index (κ2) is 4.44. The fourth-order valence-electron chi connectivity index (χ4n) is 1.55. The molecule has 0 spiro atoms. The molecule has 0 aliphatic heterocycles. The normalized spacial score (nSPS) is 16.2. The number of nitrogens with zero attached hydrogens (tertiary/aromatic N) is 2. The second-order valence-corrected chi connectivity index (χ2v) is 6.41. The van der Waals surface area contributed by atoms with E-state index < -0.39 is 10.0 Å². The van der Waals surface area contributed by atoms with Gasteiger partial charge in [-0.25, -0.2) is 13.4 Å². The summed E-state index contributed by atoms with van der Waals surface area (Å²) in [5, 5.41) is 3.09. The van der Waals surface area contributed by atoms with Crippen LogP contribution in [0, 0.1) is 0 Å². The molecule has 0 atom stereocenters. The van der Waals surface area contributed by atoms with Crippen molar-refractivity contribution in [2.75, 3.05) is 19.4 Å². The molecule has 0 aromatic carbocycles. The lowest BCUT2D eigenvalue weighted by Crippen LogP contribution is -2.29. The van der Waals surface area contributed by atoms with Crippen molar-refractivity contribution >= 4 is 27.4 Å². The molecule has 1 fully saturated rings. The molecule has 17 heavy (non-hydrogen) atoms. The summed E-state index contributed by atoms with van der Waals surface area (Å²) in [6.45, 7) is 0. The lowest BCUT2D eigenvalue weighted by molar-refractivity contribution is 0.464. The summed E-state index contributed by atoms with van der Waals surface area (Å²) in [7, 11) is -0.195. The monoisotopic (exact) mass is 275 g/mol. The van der Waals surface area contributed by atoms with E-state index in [2.05, 4.69) is 10.3 Å². The Bertz CT molecular complexity index is 528. The Kier molecular flexibility index (Phi) is 3.29. The van der Waals surface area contributed by atoms with Gasteiger partial charge in [0.15, 0.2) is 0 Å². The summed E-state index contributed by atoms with van der Waals surface area (Å²) in [6.07, 6.45) is 3.17. The van der Waals surface area contributed by atoms with Crippen LogP contribution in [-0.4, -0.2) is 37.8 Å². The van der Waals surface area contributed by atoms with Crippen LogP contribution in [-0.2, 0) is 10.0 Å². The molecule has 5 nitrogen and oxygen atoms in total. The van der Waals surface area contributed by atoms with Gasteiger partial charge in [0.05, 0.1) is 5.02 Å². The highest BCUT2D eigenvalue weighted by molar-refractivity contribution is 7.89. The number of hydrogen-bond donors (Lipinski definition) is 1. The van der Waals surface area contributed by atoms with Gasteiger partial charge >= 0.3 is 0 Å². The van der Waals surface area contributed by atoms with E-state index in [1.807, 2.05) is 0 Å². The predicted molar refractivity (Wildman–Crippen MR) is 66.8 cm³/mol. The Labute approximate surface area is 106 Å². The Morgan fingerprint density at radius 1 is 1.53 bits per heavy atom. The molecule has 0 amide bonds. The van der Waals surface area contributed by atoms with E-state index in [9.17, 15) is 8.42 Å². The maximum atomic E-state index is 12.2. The zero-order chi connectivity index (χ0) is 12.6. The van der Waals surface area contributed by atoms with Gasteiger partial charge in [0, 0.05) is 26.3 Å². The van der Waals surface area contributed by atoms with Gasteiger partial charge in [-0.3, -0.25) is 0 Å². The van der Waals surface area contributed by atoms with Crippen molar-refractivity contribution in [1.82, 2.24) is 9.29 Å². The number of halogens is 1. The van der Waals surface area contributed by atoms with Crippen LogP contribution in [0.3, 0.4) is 0 Å². The molecule has 94 valence electrons. The van der Waals surface area contributed by atoms with Crippen LogP contribution in [0.2, 0.25) is 5.02 Å². The highest BCUT2D eigenvalue weighted by Gasteiger charge is 2.35. The van der Waals surface area contributed by atoms with Crippen LogP contribution in [0.25, 0.3) is 0 Å². The fraction of sp³-hybridized carbons (Fsp3) is 0.500. The smallest absolute Gasteiger partial charge is 0.244 e. The van der Waals surface area contributed by atoms with Crippen molar-refractivity contribution in [2.45, 2.75) is 23.8 Å². The third-order valence-corrected chi connectivity index (χ3v) is 4.95. The lowest BCUT2D eigenvalue weighted by atomic mass is 10.4. The Hall–Kier alpha value is -0.850. The molecule has 0 radical (unpaired) electrons. The van der Waals surface area contributed by atoms with Crippen LogP contribution in [0.15, 0.2) is 17.2 Å². The number of aromatic nitrogens is 1. The van der Waals surface area contributed by atoms with Crippen LogP contribution >= 0.6 is 11.6 Å². The predicted octanol–water partition coefficient (Wildman–Crippen LogP) is 1.56. The minimum Gasteiger partial charge on any atom is -0.372 e. The van der Waals surface area contributed by atoms with E-state index in [0.29, 0.717) is 10.8 Å². The number of sulfonamides is 1. The first kappa shape index (κ1) is 12.6. The molecule has 0 saturated heterocycles. The molecular formula is C10H14ClN3O2S. The van der Waals surface area contributed by atoms with Gasteiger partial charge in [-0.05, 0) is 18.9 Å². The van der Waals surface area contributed by atoms with E-state index in [1.54, 1.807) is 14.1 Å². The second-order valence-electron chi connectivity index (χ2n) is 4.00. The first-order valence-electron chi connectivity index (χ1n) is 5.28. The quantitative estimate of drug-likeness (QED) is 0.906. The average Bonchev–Trinajstić information content (AvgIpc) is 3.11. The third-order valence-electron chi connectivity index (χ3n) is 2.79. The highest BCUT2D eigenvalue weighted by atomic mass is 35.5. The molecule has 1 heterocycles. The van der Waals surface area contributed by atoms with Crippen LogP contribution in [0.1, 0.15) is 12.8 Å². The molecule has 2 rings (SSSR count). The van der Waals surface area contributed by atoms with Gasteiger partial charge in [0.2, 0.25) is 10.0 Å². The summed E-state index contributed by atoms with van der Waals surface area (Å²) >= 11 is 5.93. The standard InChI is InChI=1S/C10H14ClN3O2S/c1-12-10-9(11)5-8(6-13-10)17(15,16)14(2)7-3-4-7/h5-7H,3-4H2,1-2H3,(H,12,13). The highest BCUT2D eigenvalue weighted by Crippen LogP contribution is 2.31. The Morgan fingerprint density at radius 2 is 2.18 bits per heavy atom. The minimum atomic E-state index is -3.46. The van der Waals surface area contributed by atoms with E-state index in [-0.39, 0.29) is 10.9 Å². The van der Waals surface area contributed by atoms with Gasteiger partial charge in [-0.2, -0.15) is 4.31 Å². The lowest BCUT2D eigenvalue weighted by Gasteiger charge is -2.16. The van der Waals surface area contributed by atoms with Crippen LogP contribution in [0.5, 0.6) is 0 Å². The average molecular weight is 276 g/mol. The molecule has 1 aliphatic rings. The largest absolute Gasteiger partial charge is 0.372 e. The number of rotatable bonds is 4. The van der Waals surface area contributed by atoms with Gasteiger partial charge in [-0.1, -0.05) is 11.6 Å². The van der Waals surface area contributed by atoms with Crippen molar-refractivity contribution in [2.24, 2.45) is 0 Å². The number of pyridine rings is 1. The van der Waals surface area contributed by atoms with Crippen molar-refractivity contribution in [3.63, 3.8) is 0 Å². The van der Waals surface area contributed by atoms with Crippen molar-refractivity contribution in [3.8, 4) is 0 Å². The molecule has 1 aromatic heterocycles. The minimum absolute atomic E-state index is 0.128. The van der Waals surface area contributed by atoms with Crippen LogP contribution in [0.4, 0.5) is 5.82 Å². The zero-order valence-electron chi connectivity index (χ0n) is 9.64. The van der Waals surface area contributed by atoms with E-state index in [0.717, 1.165) is 12.8 Å². The first-order chi connectivity index (χ1) is 7.96. The molecule has 0 unspecified atom stereocenters. The molecular weight excluding hydrogens is 262 g/mol. The van der Waals surface area contributed by atoms with Gasteiger partial charge < -0.3 is 5.32 Å². The first-order valence-corrected chi connectivity index (χ1v) is 7.10. The van der Waals surface area contributed by atoms with E-state index in [4.69, 9.17) is 11.6 Å². The molecule has 1 aromatic rings. The molecule has 1 aliphatic carbocycles. The number of hydrogen-bond acceptors (Lipinski definition) is 4. The zero-order valence-corrected chi connectivity index (χ0v) is 11.2. The maximum Gasteiger partial charge on any atom is 0.244 e. The van der Waals surface area contributed by atoms with Crippen molar-refractivity contribution in [1.29, 1.82) is 0 Å². The SMILES string of the molecule is CNc1ncc(S(=O)(=O)N(C)C2CC2)cc1Cl. The third kappa shape index (κ3) is 2.38. The summed E-state index contributed by atoms with van der Waals surface area (Å²) in [6, 6.07) is 1.55. The molecule has 7 heteroatoms. The Morgan fingerprint density at radius 3 is 2.65 bits per heavy atom. The summed E-state index contributed by atoms with van der Waals surface area (Å²) in [5.41, 5.74) is 0. The van der Waals surface area contributed by atoms with E-state index in [1.165, 1.54) is 16.6 Å². The number of nitrogens with one attached hydrogen (secondary N) is 1. The molecule has 0 bridgehead atoms. The fourth-order valence-corrected chi connectivity index (χ4v) is 3.26. The summed E-state index contributed by atoms with van der Waals surface area (Å²) in [5.74, 6) is 0.472. The number of anilines is 1. The van der Waals surface area contributed by atoms with Gasteiger partial charge in [0.25, 0.3) is 0 Å². The van der Waals surface area contributed by atoms with Gasteiger partial charge in [-0.15, -0.1) is 0 Å². The Balaban J connectivity index is 2.36. The summed E-state index contributed by atoms with van der Waals surface area (Å²) in [4.78, 5) is 4.11. The van der Waals surface area contributed by atoms with Crippen LogP contribution < -0.4 is 5.32 Å². The maximum absolute atomic E-state index is 12.2. The van der Waals surface area contributed by atoms with E-state index >= 15 is 0 Å². The molecule has 1 saturated carbocycles. The van der Waals surface area contributed by atoms with Crippen molar-refractivity contribution in [3.05, 3.63) is 17.3 Å². The van der Waals surface area contributed by atoms with Gasteiger partial charge in [0.1, 0.15) is 10.7 Å². The van der Waals surface area contributed by atoms with Crippen molar-refractivity contribution < 1.29 is 8.42 Å². The molecule has 1 N–H and O–H groups in total. The topological polar surface area (TPSA) is 62.3 Å².